The van der Waals surface area contributed by atoms with E-state index in [1.54, 1.807) is 53.7 Å². The Morgan fingerprint density at radius 3 is 2.39 bits per heavy atom. The highest BCUT2D eigenvalue weighted by molar-refractivity contribution is 5.76. The number of amides is 1. The second kappa shape index (κ2) is 7.70. The van der Waals surface area contributed by atoms with Crippen molar-refractivity contribution in [3.63, 3.8) is 0 Å². The molecule has 1 aromatic rings. The molecule has 7 nitrogen and oxygen atoms in total. The van der Waals surface area contributed by atoms with Crippen LogP contribution < -0.4 is 0 Å². The Bertz CT molecular complexity index is 735. The van der Waals surface area contributed by atoms with Crippen molar-refractivity contribution in [1.82, 2.24) is 9.88 Å². The van der Waals surface area contributed by atoms with E-state index in [0.29, 0.717) is 5.69 Å². The van der Waals surface area contributed by atoms with E-state index in [1.165, 1.54) is 4.90 Å². The molecule has 2 heterocycles. The lowest BCUT2D eigenvalue weighted by Gasteiger charge is -2.44. The molecule has 1 saturated heterocycles. The summed E-state index contributed by atoms with van der Waals surface area (Å²) in [4.78, 5) is 31.0. The molecule has 0 bridgehead atoms. The number of hydrogen-bond donors (Lipinski definition) is 1. The Morgan fingerprint density at radius 2 is 1.86 bits per heavy atom. The molecule has 2 atom stereocenters. The van der Waals surface area contributed by atoms with Crippen LogP contribution in [-0.2, 0) is 19.9 Å². The number of piperidine rings is 1. The molecule has 0 spiro atoms. The van der Waals surface area contributed by atoms with Crippen LogP contribution in [0.3, 0.4) is 0 Å². The third-order valence-corrected chi connectivity index (χ3v) is 4.53. The molecule has 1 amide bonds. The molecule has 0 aliphatic carbocycles. The number of esters is 1. The van der Waals surface area contributed by atoms with E-state index in [4.69, 9.17) is 9.47 Å². The summed E-state index contributed by atoms with van der Waals surface area (Å²) in [5.41, 5.74) is -1.68. The zero-order chi connectivity index (χ0) is 21.3. The maximum atomic E-state index is 12.5. The van der Waals surface area contributed by atoms with Gasteiger partial charge in [0.05, 0.1) is 17.7 Å². The number of hydrogen-bond acceptors (Lipinski definition) is 6. The minimum atomic E-state index is -1.48. The van der Waals surface area contributed by atoms with Crippen LogP contribution in [0.25, 0.3) is 0 Å². The molecule has 1 fully saturated rings. The molecule has 1 aliphatic heterocycles. The van der Waals surface area contributed by atoms with Crippen molar-refractivity contribution in [3.8, 4) is 0 Å². The summed E-state index contributed by atoms with van der Waals surface area (Å²) >= 11 is 0. The fourth-order valence-electron chi connectivity index (χ4n) is 2.92. The van der Waals surface area contributed by atoms with E-state index in [-0.39, 0.29) is 19.5 Å². The van der Waals surface area contributed by atoms with E-state index < -0.39 is 34.8 Å². The van der Waals surface area contributed by atoms with Gasteiger partial charge < -0.3 is 19.5 Å². The van der Waals surface area contributed by atoms with Gasteiger partial charge in [0.15, 0.2) is 6.10 Å². The Kier molecular flexibility index (Phi) is 6.09. The van der Waals surface area contributed by atoms with E-state index in [2.05, 4.69) is 4.98 Å². The standard InChI is InChI=1S/C21H32N2O5/c1-14-9-8-10-15(22-14)21(26)11-12-23(18(25)28-20(5,6)7)13-16(21)27-17(24)19(2,3)4/h8-10,16,26H,11-13H2,1-7H3/t16-,21-/m0/s1. The second-order valence-corrected chi connectivity index (χ2v) is 9.41. The lowest BCUT2D eigenvalue weighted by molar-refractivity contribution is -0.186. The van der Waals surface area contributed by atoms with E-state index in [1.807, 2.05) is 13.0 Å². The average molecular weight is 392 g/mol. The first kappa shape index (κ1) is 22.1. The Balaban J connectivity index is 2.33. The number of aromatic nitrogens is 1. The zero-order valence-corrected chi connectivity index (χ0v) is 17.9. The lowest BCUT2D eigenvalue weighted by Crippen LogP contribution is -2.58. The highest BCUT2D eigenvalue weighted by Crippen LogP contribution is 2.36. The lowest BCUT2D eigenvalue weighted by atomic mass is 9.84. The quantitative estimate of drug-likeness (QED) is 0.778. The van der Waals surface area contributed by atoms with E-state index in [9.17, 15) is 14.7 Å². The Hall–Kier alpha value is -2.15. The van der Waals surface area contributed by atoms with Crippen LogP contribution >= 0.6 is 0 Å². The van der Waals surface area contributed by atoms with E-state index >= 15 is 0 Å². The number of nitrogens with zero attached hydrogens (tertiary/aromatic N) is 2. The van der Waals surface area contributed by atoms with Gasteiger partial charge in [0.1, 0.15) is 11.2 Å². The van der Waals surface area contributed by atoms with Gasteiger partial charge in [0.25, 0.3) is 0 Å². The Labute approximate surface area is 167 Å². The first-order valence-corrected chi connectivity index (χ1v) is 9.58. The number of carbonyl (C=O) groups excluding carboxylic acids is 2. The summed E-state index contributed by atoms with van der Waals surface area (Å²) in [6.07, 6.45) is -1.26. The normalized spacial score (nSPS) is 23.3. The maximum Gasteiger partial charge on any atom is 0.410 e. The number of pyridine rings is 1. The summed E-state index contributed by atoms with van der Waals surface area (Å²) in [6.45, 7) is 12.7. The molecule has 0 saturated carbocycles. The smallest absolute Gasteiger partial charge is 0.410 e. The fourth-order valence-corrected chi connectivity index (χ4v) is 2.92. The van der Waals surface area contributed by atoms with Crippen molar-refractivity contribution >= 4 is 12.1 Å². The average Bonchev–Trinajstić information content (AvgIpc) is 2.54. The minimum Gasteiger partial charge on any atom is -0.457 e. The zero-order valence-electron chi connectivity index (χ0n) is 17.9. The molecule has 7 heteroatoms. The molecule has 156 valence electrons. The predicted molar refractivity (Wildman–Crippen MR) is 105 cm³/mol. The molecule has 0 aromatic carbocycles. The monoisotopic (exact) mass is 392 g/mol. The molecular formula is C21H32N2O5. The summed E-state index contributed by atoms with van der Waals surface area (Å²) in [5.74, 6) is -0.449. The molecule has 28 heavy (non-hydrogen) atoms. The number of rotatable bonds is 2. The largest absolute Gasteiger partial charge is 0.457 e. The minimum absolute atomic E-state index is 0.0306. The van der Waals surface area contributed by atoms with Crippen LogP contribution in [0, 0.1) is 12.3 Å². The van der Waals surface area contributed by atoms with Gasteiger partial charge in [-0.15, -0.1) is 0 Å². The van der Waals surface area contributed by atoms with Crippen molar-refractivity contribution in [3.05, 3.63) is 29.6 Å². The first-order valence-electron chi connectivity index (χ1n) is 9.58. The Morgan fingerprint density at radius 1 is 1.21 bits per heavy atom. The van der Waals surface area contributed by atoms with Crippen LogP contribution in [0.4, 0.5) is 4.79 Å². The van der Waals surface area contributed by atoms with Crippen molar-refractivity contribution in [2.45, 2.75) is 72.2 Å². The molecule has 2 rings (SSSR count). The summed E-state index contributed by atoms with van der Waals surface area (Å²) in [5, 5.41) is 11.5. The highest BCUT2D eigenvalue weighted by atomic mass is 16.6. The third-order valence-electron chi connectivity index (χ3n) is 4.53. The maximum absolute atomic E-state index is 12.5. The molecule has 1 aromatic heterocycles. The molecular weight excluding hydrogens is 360 g/mol. The van der Waals surface area contributed by atoms with Crippen molar-refractivity contribution in [1.29, 1.82) is 0 Å². The SMILES string of the molecule is Cc1cccc([C@@]2(O)CCN(C(=O)OC(C)(C)C)C[C@@H]2OC(=O)C(C)(C)C)n1. The first-order chi connectivity index (χ1) is 12.7. The molecule has 0 radical (unpaired) electrons. The van der Waals surface area contributed by atoms with Crippen LogP contribution in [0.2, 0.25) is 0 Å². The van der Waals surface area contributed by atoms with Gasteiger partial charge >= 0.3 is 12.1 Å². The van der Waals surface area contributed by atoms with Gasteiger partial charge in [-0.25, -0.2) is 4.79 Å². The van der Waals surface area contributed by atoms with Crippen molar-refractivity contribution < 1.29 is 24.2 Å². The molecule has 0 unspecified atom stereocenters. The van der Waals surface area contributed by atoms with Gasteiger partial charge in [-0.1, -0.05) is 6.07 Å². The highest BCUT2D eigenvalue weighted by Gasteiger charge is 2.49. The third kappa shape index (κ3) is 5.22. The number of ether oxygens (including phenoxy) is 2. The summed E-state index contributed by atoms with van der Waals surface area (Å²) < 4.78 is 11.1. The van der Waals surface area contributed by atoms with Crippen molar-refractivity contribution in [2.75, 3.05) is 13.1 Å². The topological polar surface area (TPSA) is 89.0 Å². The number of likely N-dealkylation sites (tertiary alicyclic amines) is 1. The summed E-state index contributed by atoms with van der Waals surface area (Å²) in [7, 11) is 0. The van der Waals surface area contributed by atoms with Crippen LogP contribution in [0.15, 0.2) is 18.2 Å². The predicted octanol–water partition coefficient (Wildman–Crippen LogP) is 3.18. The van der Waals surface area contributed by atoms with E-state index in [0.717, 1.165) is 5.69 Å². The van der Waals surface area contributed by atoms with Gasteiger partial charge in [0.2, 0.25) is 0 Å². The van der Waals surface area contributed by atoms with Gasteiger partial charge in [-0.2, -0.15) is 0 Å². The van der Waals surface area contributed by atoms with Crippen LogP contribution in [0.5, 0.6) is 0 Å². The number of carbonyl (C=O) groups is 2. The van der Waals surface area contributed by atoms with Crippen LogP contribution in [0.1, 0.15) is 59.4 Å². The van der Waals surface area contributed by atoms with Gasteiger partial charge in [-0.3, -0.25) is 9.78 Å². The van der Waals surface area contributed by atoms with Crippen LogP contribution in [-0.4, -0.2) is 51.8 Å². The second-order valence-electron chi connectivity index (χ2n) is 9.41. The fraction of sp³-hybridized carbons (Fsp3) is 0.667. The number of aliphatic hydroxyl groups is 1. The number of aryl methyl sites for hydroxylation is 1. The summed E-state index contributed by atoms with van der Waals surface area (Å²) in [6, 6.07) is 5.35. The van der Waals surface area contributed by atoms with Gasteiger partial charge in [-0.05, 0) is 60.6 Å². The molecule has 1 N–H and O–H groups in total. The molecule has 1 aliphatic rings. The van der Waals surface area contributed by atoms with Crippen molar-refractivity contribution in [2.24, 2.45) is 5.41 Å². The van der Waals surface area contributed by atoms with Gasteiger partial charge in [0, 0.05) is 18.7 Å².